The van der Waals surface area contributed by atoms with Gasteiger partial charge in [0, 0.05) is 5.69 Å². The van der Waals surface area contributed by atoms with Crippen molar-refractivity contribution >= 4 is 29.2 Å². The second kappa shape index (κ2) is 9.06. The Balaban J connectivity index is 1.49. The second-order valence-corrected chi connectivity index (χ2v) is 8.44. The highest BCUT2D eigenvalue weighted by atomic mass is 16.5. The Morgan fingerprint density at radius 1 is 1.06 bits per heavy atom. The van der Waals surface area contributed by atoms with Gasteiger partial charge in [0.15, 0.2) is 12.3 Å². The van der Waals surface area contributed by atoms with Crippen LogP contribution in [-0.2, 0) is 16.1 Å². The lowest BCUT2D eigenvalue weighted by molar-refractivity contribution is -0.428. The molecule has 0 saturated carbocycles. The van der Waals surface area contributed by atoms with Gasteiger partial charge < -0.3 is 14.8 Å². The minimum atomic E-state index is -1.00. The standard InChI is InChI=1S/C27H23N3O5/c1-17-6-5-7-19(14-17)28-23(31)16-29-24-21-8-3-4-9-22(21)35-25(24)26(32)30(27(29)33)15-18-10-12-20(34-2)13-11-18/h3-14,25H,15-16H2,1-2H3/p+1. The van der Waals surface area contributed by atoms with Crippen LogP contribution in [-0.4, -0.2) is 52.8 Å². The van der Waals surface area contributed by atoms with E-state index in [1.807, 2.05) is 25.1 Å². The normalized spacial score (nSPS) is 16.5. The van der Waals surface area contributed by atoms with E-state index in [2.05, 4.69) is 5.32 Å². The Hall–Kier alpha value is -4.46. The zero-order chi connectivity index (χ0) is 24.5. The summed E-state index contributed by atoms with van der Waals surface area (Å²) in [6.45, 7) is 1.71. The predicted molar refractivity (Wildman–Crippen MR) is 129 cm³/mol. The number of urea groups is 1. The van der Waals surface area contributed by atoms with Gasteiger partial charge >= 0.3 is 11.9 Å². The Morgan fingerprint density at radius 2 is 1.83 bits per heavy atom. The zero-order valence-electron chi connectivity index (χ0n) is 19.4. The van der Waals surface area contributed by atoms with Crippen LogP contribution in [0.15, 0.2) is 72.8 Å². The molecule has 0 radical (unpaired) electrons. The van der Waals surface area contributed by atoms with Gasteiger partial charge in [0.1, 0.15) is 18.0 Å². The van der Waals surface area contributed by atoms with Gasteiger partial charge in [0.2, 0.25) is 0 Å². The molecule has 0 spiro atoms. The maximum Gasteiger partial charge on any atom is 0.501 e. The quantitative estimate of drug-likeness (QED) is 0.558. The van der Waals surface area contributed by atoms with Gasteiger partial charge in [-0.05, 0) is 54.4 Å². The van der Waals surface area contributed by atoms with Crippen molar-refractivity contribution in [3.63, 3.8) is 0 Å². The fourth-order valence-electron chi connectivity index (χ4n) is 4.32. The molecule has 2 aliphatic rings. The number of carbonyl (C=O) groups is 3. The highest BCUT2D eigenvalue weighted by molar-refractivity contribution is 6.22. The molecular formula is C27H24N3O5+. The monoisotopic (exact) mass is 470 g/mol. The summed E-state index contributed by atoms with van der Waals surface area (Å²) in [5, 5.41) is 2.84. The number of nitrogens with one attached hydrogen (secondary N) is 1. The summed E-state index contributed by atoms with van der Waals surface area (Å²) in [6, 6.07) is 21.1. The third-order valence-electron chi connectivity index (χ3n) is 6.00. The van der Waals surface area contributed by atoms with Gasteiger partial charge in [-0.3, -0.25) is 4.79 Å². The molecule has 2 heterocycles. The number of hydrogen-bond acceptors (Lipinski definition) is 5. The molecule has 0 saturated heterocycles. The minimum absolute atomic E-state index is 0.0428. The SMILES string of the molecule is COc1ccc(CN2C(=O)C3Oc4ccccc4C3=[N+](CC(=O)Nc3cccc(C)c3)C2=O)cc1. The topological polar surface area (TPSA) is 87.9 Å². The van der Waals surface area contributed by atoms with Crippen LogP contribution < -0.4 is 14.8 Å². The number of aryl methyl sites for hydroxylation is 1. The van der Waals surface area contributed by atoms with Crippen LogP contribution in [0.5, 0.6) is 11.5 Å². The van der Waals surface area contributed by atoms with Gasteiger partial charge in [-0.2, -0.15) is 14.3 Å². The summed E-state index contributed by atoms with van der Waals surface area (Å²) in [5.41, 5.74) is 3.40. The highest BCUT2D eigenvalue weighted by Crippen LogP contribution is 2.32. The van der Waals surface area contributed by atoms with E-state index in [-0.39, 0.29) is 19.0 Å². The van der Waals surface area contributed by atoms with Gasteiger partial charge in [0.05, 0.1) is 12.7 Å². The van der Waals surface area contributed by atoms with Crippen LogP contribution in [0.1, 0.15) is 16.7 Å². The summed E-state index contributed by atoms with van der Waals surface area (Å²) >= 11 is 0. The van der Waals surface area contributed by atoms with Gasteiger partial charge in [-0.15, -0.1) is 0 Å². The lowest BCUT2D eigenvalue weighted by atomic mass is 10.0. The van der Waals surface area contributed by atoms with Gasteiger partial charge in [-0.1, -0.05) is 36.4 Å². The smallest absolute Gasteiger partial charge is 0.497 e. The van der Waals surface area contributed by atoms with E-state index in [0.29, 0.717) is 28.5 Å². The number of rotatable bonds is 6. The van der Waals surface area contributed by atoms with Crippen molar-refractivity contribution in [2.75, 3.05) is 19.0 Å². The molecule has 1 atom stereocenters. The van der Waals surface area contributed by atoms with Crippen LogP contribution in [0.2, 0.25) is 0 Å². The number of amides is 4. The Labute approximate surface area is 202 Å². The molecule has 8 heteroatoms. The molecule has 0 aliphatic carbocycles. The summed E-state index contributed by atoms with van der Waals surface area (Å²) in [7, 11) is 1.57. The molecule has 0 bridgehead atoms. The maximum atomic E-state index is 13.6. The fraction of sp³-hybridized carbons (Fsp3) is 0.185. The Bertz CT molecular complexity index is 1360. The van der Waals surface area contributed by atoms with Crippen molar-refractivity contribution in [1.29, 1.82) is 0 Å². The van der Waals surface area contributed by atoms with Crippen molar-refractivity contribution in [2.45, 2.75) is 19.6 Å². The van der Waals surface area contributed by atoms with Crippen LogP contribution in [0.25, 0.3) is 0 Å². The summed E-state index contributed by atoms with van der Waals surface area (Å²) in [4.78, 5) is 41.1. The van der Waals surface area contributed by atoms with Crippen molar-refractivity contribution in [1.82, 2.24) is 4.90 Å². The van der Waals surface area contributed by atoms with E-state index in [1.54, 1.807) is 61.7 Å². The largest absolute Gasteiger partial charge is 0.501 e. The van der Waals surface area contributed by atoms with Crippen molar-refractivity contribution < 1.29 is 28.4 Å². The van der Waals surface area contributed by atoms with Crippen molar-refractivity contribution in [3.05, 3.63) is 89.5 Å². The molecule has 4 amide bonds. The van der Waals surface area contributed by atoms with Gasteiger partial charge in [0.25, 0.3) is 12.0 Å². The number of ether oxygens (including phenoxy) is 2. The third kappa shape index (κ3) is 4.26. The molecule has 0 fully saturated rings. The van der Waals surface area contributed by atoms with Crippen LogP contribution >= 0.6 is 0 Å². The van der Waals surface area contributed by atoms with E-state index in [4.69, 9.17) is 9.47 Å². The highest BCUT2D eigenvalue weighted by Gasteiger charge is 2.53. The molecule has 8 nitrogen and oxygen atoms in total. The van der Waals surface area contributed by atoms with E-state index >= 15 is 0 Å². The molecular weight excluding hydrogens is 446 g/mol. The number of anilines is 1. The molecule has 176 valence electrons. The second-order valence-electron chi connectivity index (χ2n) is 8.44. The number of hydrogen-bond donors (Lipinski definition) is 1. The molecule has 5 rings (SSSR count). The van der Waals surface area contributed by atoms with Crippen LogP contribution in [0.3, 0.4) is 0 Å². The molecule has 2 aliphatic heterocycles. The Kier molecular flexibility index (Phi) is 5.78. The predicted octanol–water partition coefficient (Wildman–Crippen LogP) is 3.37. The number of benzene rings is 3. The Morgan fingerprint density at radius 3 is 2.57 bits per heavy atom. The van der Waals surface area contributed by atoms with Gasteiger partial charge in [-0.25, -0.2) is 4.79 Å². The van der Waals surface area contributed by atoms with E-state index in [1.165, 1.54) is 4.58 Å². The number of fused-ring (bicyclic) bond motifs is 3. The molecule has 3 aromatic carbocycles. The first kappa shape index (κ1) is 22.3. The lowest BCUT2D eigenvalue weighted by Crippen LogP contribution is -2.58. The first-order chi connectivity index (χ1) is 16.9. The lowest BCUT2D eigenvalue weighted by Gasteiger charge is -2.24. The summed E-state index contributed by atoms with van der Waals surface area (Å²) in [5.74, 6) is 0.333. The first-order valence-electron chi connectivity index (χ1n) is 11.2. The van der Waals surface area contributed by atoms with Crippen LogP contribution in [0.4, 0.5) is 10.5 Å². The molecule has 35 heavy (non-hydrogen) atoms. The van der Waals surface area contributed by atoms with E-state index in [0.717, 1.165) is 16.0 Å². The molecule has 3 aromatic rings. The molecule has 1 unspecified atom stereocenters. The van der Waals surface area contributed by atoms with E-state index < -0.39 is 18.0 Å². The summed E-state index contributed by atoms with van der Waals surface area (Å²) in [6.07, 6.45) is -1.00. The number of nitrogens with zero attached hydrogens (tertiary/aromatic N) is 2. The van der Waals surface area contributed by atoms with Crippen molar-refractivity contribution in [3.8, 4) is 11.5 Å². The fourth-order valence-corrected chi connectivity index (χ4v) is 4.32. The average molecular weight is 471 g/mol. The van der Waals surface area contributed by atoms with E-state index in [9.17, 15) is 14.4 Å². The molecule has 0 aromatic heterocycles. The zero-order valence-corrected chi connectivity index (χ0v) is 19.4. The number of para-hydroxylation sites is 1. The minimum Gasteiger partial charge on any atom is -0.497 e. The van der Waals surface area contributed by atoms with Crippen molar-refractivity contribution in [2.24, 2.45) is 0 Å². The summed E-state index contributed by atoms with van der Waals surface area (Å²) < 4.78 is 12.5. The molecule has 1 N–H and O–H groups in total. The number of imide groups is 1. The third-order valence-corrected chi connectivity index (χ3v) is 6.00. The average Bonchev–Trinajstić information content (AvgIpc) is 3.25. The maximum absolute atomic E-state index is 13.6. The first-order valence-corrected chi connectivity index (χ1v) is 11.2. The van der Waals surface area contributed by atoms with Crippen LogP contribution in [0, 0.1) is 6.92 Å². The number of methoxy groups -OCH3 is 1. The number of carbonyl (C=O) groups excluding carboxylic acids is 3.